The quantitative estimate of drug-likeness (QED) is 0.353. The van der Waals surface area contributed by atoms with Crippen molar-refractivity contribution in [1.29, 1.82) is 0 Å². The first kappa shape index (κ1) is 21.0. The molecule has 0 aliphatic carbocycles. The van der Waals surface area contributed by atoms with Crippen LogP contribution < -0.4 is 20.5 Å². The molecule has 8 heteroatoms. The number of aromatic nitrogens is 1. The van der Waals surface area contributed by atoms with E-state index in [1.54, 1.807) is 30.1 Å². The Labute approximate surface area is 178 Å². The number of ether oxygens (including phenoxy) is 1. The van der Waals surface area contributed by atoms with Crippen LogP contribution in [0.5, 0.6) is 11.5 Å². The average Bonchev–Trinajstić information content (AvgIpc) is 2.74. The maximum absolute atomic E-state index is 14.3. The minimum absolute atomic E-state index is 0.0479. The van der Waals surface area contributed by atoms with Gasteiger partial charge in [0.05, 0.1) is 23.8 Å². The molecule has 2 aromatic carbocycles. The highest BCUT2D eigenvalue weighted by Crippen LogP contribution is 2.32. The van der Waals surface area contributed by atoms with Gasteiger partial charge in [-0.15, -0.1) is 6.42 Å². The molecule has 3 rings (SSSR count). The van der Waals surface area contributed by atoms with Crippen molar-refractivity contribution in [3.05, 3.63) is 71.8 Å². The summed E-state index contributed by atoms with van der Waals surface area (Å²) in [6.07, 6.45) is 8.04. The highest BCUT2D eigenvalue weighted by molar-refractivity contribution is 8.00. The number of benzene rings is 2. The fourth-order valence-corrected chi connectivity index (χ4v) is 3.06. The third-order valence-corrected chi connectivity index (χ3v) is 4.63. The number of amides is 1. The highest BCUT2D eigenvalue weighted by Gasteiger charge is 2.18. The summed E-state index contributed by atoms with van der Waals surface area (Å²) in [5.41, 5.74) is 7.21. The molecule has 0 fully saturated rings. The molecule has 1 heterocycles. The minimum Gasteiger partial charge on any atom is -0.455 e. The monoisotopic (exact) mass is 422 g/mol. The summed E-state index contributed by atoms with van der Waals surface area (Å²) in [7, 11) is 0. The molecule has 6 nitrogen and oxygen atoms in total. The van der Waals surface area contributed by atoms with Gasteiger partial charge in [-0.05, 0) is 30.3 Å². The molecule has 30 heavy (non-hydrogen) atoms. The van der Waals surface area contributed by atoms with Crippen LogP contribution in [0.15, 0.2) is 54.9 Å². The van der Waals surface area contributed by atoms with Gasteiger partial charge in [0.15, 0.2) is 5.75 Å². The Balaban J connectivity index is 1.92. The second-order valence-corrected chi connectivity index (χ2v) is 7.12. The number of rotatable bonds is 8. The zero-order chi connectivity index (χ0) is 21.5. The molecule has 0 saturated heterocycles. The predicted octanol–water partition coefficient (Wildman–Crippen LogP) is 4.92. The summed E-state index contributed by atoms with van der Waals surface area (Å²) >= 11 is 1.54. The molecule has 0 aliphatic heterocycles. The number of pyridine rings is 1. The van der Waals surface area contributed by atoms with Gasteiger partial charge in [-0.3, -0.25) is 9.78 Å². The van der Waals surface area contributed by atoms with Gasteiger partial charge >= 0.3 is 0 Å². The Morgan fingerprint density at radius 3 is 2.80 bits per heavy atom. The first-order valence-electron chi connectivity index (χ1n) is 8.98. The van der Waals surface area contributed by atoms with Crippen molar-refractivity contribution in [2.75, 3.05) is 15.8 Å². The summed E-state index contributed by atoms with van der Waals surface area (Å²) in [5.74, 6) is 2.58. The number of carbonyl (C=O) groups is 1. The van der Waals surface area contributed by atoms with Gasteiger partial charge in [0.25, 0.3) is 5.91 Å². The Hall–Kier alpha value is -3.70. The van der Waals surface area contributed by atoms with Crippen molar-refractivity contribution < 1.29 is 13.9 Å². The smallest absolute Gasteiger partial charge is 0.254 e. The Morgan fingerprint density at radius 2 is 2.10 bits per heavy atom. The summed E-state index contributed by atoms with van der Waals surface area (Å²) in [6, 6.07) is 11.5. The number of halogens is 1. The number of nitrogens with zero attached hydrogens (tertiary/aromatic N) is 1. The lowest BCUT2D eigenvalue weighted by Crippen LogP contribution is -2.15. The summed E-state index contributed by atoms with van der Waals surface area (Å²) < 4.78 is 23.4. The number of carbonyl (C=O) groups excluding carboxylic acids is 1. The normalized spacial score (nSPS) is 10.2. The van der Waals surface area contributed by atoms with Crippen LogP contribution in [0.2, 0.25) is 0 Å². The molecule has 0 bridgehead atoms. The molecule has 0 aliphatic rings. The minimum atomic E-state index is -0.744. The number of hydrogen-bond acceptors (Lipinski definition) is 6. The fourth-order valence-electron chi connectivity index (χ4n) is 2.62. The van der Waals surface area contributed by atoms with Crippen molar-refractivity contribution >= 4 is 34.9 Å². The van der Waals surface area contributed by atoms with Gasteiger partial charge < -0.3 is 20.5 Å². The SMILES string of the molecule is C#Cc1ccc(Nc2cncc(Oc3cccc(NSCC)c3)c2C(N)=O)c(F)c1. The Morgan fingerprint density at radius 1 is 1.27 bits per heavy atom. The number of anilines is 3. The maximum Gasteiger partial charge on any atom is 0.254 e. The number of primary amides is 1. The molecule has 0 saturated carbocycles. The zero-order valence-corrected chi connectivity index (χ0v) is 16.9. The van der Waals surface area contributed by atoms with E-state index in [0.29, 0.717) is 11.3 Å². The van der Waals surface area contributed by atoms with Crippen LogP contribution in [0, 0.1) is 18.2 Å². The molecule has 1 aromatic heterocycles. The van der Waals surface area contributed by atoms with Gasteiger partial charge in [0.1, 0.15) is 17.1 Å². The van der Waals surface area contributed by atoms with Crippen LogP contribution in [0.25, 0.3) is 0 Å². The third-order valence-electron chi connectivity index (χ3n) is 3.96. The van der Waals surface area contributed by atoms with Crippen LogP contribution in [0.3, 0.4) is 0 Å². The molecule has 3 aromatic rings. The van der Waals surface area contributed by atoms with Crippen LogP contribution >= 0.6 is 11.9 Å². The molecular formula is C22H19FN4O2S. The van der Waals surface area contributed by atoms with Crippen LogP contribution in [0.4, 0.5) is 21.5 Å². The largest absolute Gasteiger partial charge is 0.455 e. The molecule has 152 valence electrons. The van der Waals surface area contributed by atoms with Gasteiger partial charge in [0, 0.05) is 23.1 Å². The summed E-state index contributed by atoms with van der Waals surface area (Å²) in [4.78, 5) is 16.2. The van der Waals surface area contributed by atoms with Gasteiger partial charge in [-0.2, -0.15) is 0 Å². The van der Waals surface area contributed by atoms with Crippen molar-refractivity contribution in [1.82, 2.24) is 4.98 Å². The Kier molecular flexibility index (Phi) is 6.78. The lowest BCUT2D eigenvalue weighted by Gasteiger charge is -2.15. The predicted molar refractivity (Wildman–Crippen MR) is 119 cm³/mol. The Bertz CT molecular complexity index is 1110. The van der Waals surface area contributed by atoms with E-state index in [0.717, 1.165) is 11.4 Å². The number of hydrogen-bond donors (Lipinski definition) is 3. The number of nitrogens with one attached hydrogen (secondary N) is 2. The van der Waals surface area contributed by atoms with Crippen molar-refractivity contribution in [3.63, 3.8) is 0 Å². The van der Waals surface area contributed by atoms with E-state index < -0.39 is 11.7 Å². The van der Waals surface area contributed by atoms with E-state index in [2.05, 4.69) is 20.9 Å². The van der Waals surface area contributed by atoms with E-state index in [1.807, 2.05) is 19.1 Å². The average molecular weight is 422 g/mol. The van der Waals surface area contributed by atoms with E-state index >= 15 is 0 Å². The first-order chi connectivity index (χ1) is 14.5. The van der Waals surface area contributed by atoms with E-state index in [9.17, 15) is 9.18 Å². The molecular weight excluding hydrogens is 403 g/mol. The van der Waals surface area contributed by atoms with Crippen LogP contribution in [-0.2, 0) is 0 Å². The molecule has 0 spiro atoms. The third kappa shape index (κ3) is 5.01. The maximum atomic E-state index is 14.3. The lowest BCUT2D eigenvalue weighted by atomic mass is 10.1. The van der Waals surface area contributed by atoms with E-state index in [-0.39, 0.29) is 22.7 Å². The summed E-state index contributed by atoms with van der Waals surface area (Å²) in [5, 5.41) is 2.84. The second-order valence-electron chi connectivity index (χ2n) is 6.05. The standard InChI is InChI=1S/C22H19FN4O2S/c1-3-14-8-9-18(17(23)10-14)26-19-12-25-13-20(21(19)22(24)28)29-16-7-5-6-15(11-16)27-30-4-2/h1,5-13,26-27H,4H2,2H3,(H2,24,28). The molecule has 1 amide bonds. The molecule has 0 unspecified atom stereocenters. The highest BCUT2D eigenvalue weighted by atomic mass is 32.2. The van der Waals surface area contributed by atoms with Gasteiger partial charge in [0.2, 0.25) is 0 Å². The fraction of sp³-hybridized carbons (Fsp3) is 0.0909. The first-order valence-corrected chi connectivity index (χ1v) is 9.97. The molecule has 0 radical (unpaired) electrons. The van der Waals surface area contributed by atoms with Crippen molar-refractivity contribution in [2.45, 2.75) is 6.92 Å². The van der Waals surface area contributed by atoms with E-state index in [1.165, 1.54) is 24.5 Å². The lowest BCUT2D eigenvalue weighted by molar-refractivity contribution is 0.0999. The van der Waals surface area contributed by atoms with Crippen LogP contribution in [-0.4, -0.2) is 16.6 Å². The van der Waals surface area contributed by atoms with E-state index in [4.69, 9.17) is 16.9 Å². The van der Waals surface area contributed by atoms with Crippen molar-refractivity contribution in [3.8, 4) is 23.8 Å². The second kappa shape index (κ2) is 9.67. The molecule has 4 N–H and O–H groups in total. The van der Waals surface area contributed by atoms with Crippen molar-refractivity contribution in [2.24, 2.45) is 5.73 Å². The van der Waals surface area contributed by atoms with Gasteiger partial charge in [-0.1, -0.05) is 30.9 Å². The number of terminal acetylenes is 1. The van der Waals surface area contributed by atoms with Gasteiger partial charge in [-0.25, -0.2) is 4.39 Å². The number of nitrogens with two attached hydrogens (primary N) is 1. The zero-order valence-electron chi connectivity index (χ0n) is 16.1. The van der Waals surface area contributed by atoms with Crippen LogP contribution in [0.1, 0.15) is 22.8 Å². The molecule has 0 atom stereocenters. The summed E-state index contributed by atoms with van der Waals surface area (Å²) in [6.45, 7) is 2.03. The topological polar surface area (TPSA) is 89.3 Å².